The van der Waals surface area contributed by atoms with Gasteiger partial charge in [0.05, 0.1) is 17.8 Å². The lowest BCUT2D eigenvalue weighted by atomic mass is 10.1. The second-order valence-corrected chi connectivity index (χ2v) is 6.37. The molecule has 2 aromatic carbocycles. The molecule has 0 aliphatic rings. The van der Waals surface area contributed by atoms with Crippen molar-refractivity contribution in [2.45, 2.75) is 33.0 Å². The minimum Gasteiger partial charge on any atom is -0.408 e. The predicted octanol–water partition coefficient (Wildman–Crippen LogP) is 4.03. The van der Waals surface area contributed by atoms with E-state index in [2.05, 4.69) is 0 Å². The first-order valence-electron chi connectivity index (χ1n) is 7.49. The Morgan fingerprint density at radius 3 is 2.23 bits per heavy atom. The Balaban J connectivity index is 2.34. The monoisotopic (exact) mass is 295 g/mol. The average molecular weight is 295 g/mol. The van der Waals surface area contributed by atoms with E-state index < -0.39 is 0 Å². The van der Waals surface area contributed by atoms with Crippen LogP contribution in [-0.4, -0.2) is 15.4 Å². The highest BCUT2D eigenvalue weighted by Crippen LogP contribution is 2.33. The molecule has 1 aromatic heterocycles. The number of aliphatic hydroxyl groups is 1. The van der Waals surface area contributed by atoms with Crippen molar-refractivity contribution in [3.8, 4) is 11.3 Å². The lowest BCUT2D eigenvalue weighted by Gasteiger charge is -2.24. The molecule has 3 rings (SSSR count). The minimum absolute atomic E-state index is 0.0226. The molecule has 3 nitrogen and oxygen atoms in total. The zero-order valence-corrected chi connectivity index (χ0v) is 13.2. The first-order valence-corrected chi connectivity index (χ1v) is 7.49. The van der Waals surface area contributed by atoms with Gasteiger partial charge >= 0.3 is 0 Å². The van der Waals surface area contributed by atoms with Gasteiger partial charge in [-0.25, -0.2) is 0 Å². The fourth-order valence-electron chi connectivity index (χ4n) is 2.69. The van der Waals surface area contributed by atoms with E-state index in [0.29, 0.717) is 0 Å². The first kappa shape index (κ1) is 14.7. The zero-order chi connectivity index (χ0) is 15.7. The summed E-state index contributed by atoms with van der Waals surface area (Å²) >= 11 is 0. The third kappa shape index (κ3) is 2.60. The van der Waals surface area contributed by atoms with Crippen LogP contribution in [0.25, 0.3) is 22.2 Å². The molecule has 0 radical (unpaired) electrons. The number of aliphatic hydroxyl groups excluding tert-OH is 1. The molecule has 0 saturated carbocycles. The van der Waals surface area contributed by atoms with Gasteiger partial charge in [0.25, 0.3) is 0 Å². The van der Waals surface area contributed by atoms with E-state index in [4.69, 9.17) is 4.84 Å². The molecule has 0 fully saturated rings. The summed E-state index contributed by atoms with van der Waals surface area (Å²) in [7, 11) is 0. The van der Waals surface area contributed by atoms with E-state index in [0.717, 1.165) is 27.7 Å². The maximum Gasteiger partial charge on any atom is 0.127 e. The summed E-state index contributed by atoms with van der Waals surface area (Å²) in [4.78, 5) is 6.19. The second-order valence-electron chi connectivity index (χ2n) is 6.37. The summed E-state index contributed by atoms with van der Waals surface area (Å²) < 4.78 is 1.86. The number of hydrogen-bond acceptors (Lipinski definition) is 2. The zero-order valence-electron chi connectivity index (χ0n) is 13.2. The molecule has 0 amide bonds. The molecule has 3 aromatic rings. The van der Waals surface area contributed by atoms with Gasteiger partial charge in [-0.05, 0) is 26.8 Å². The molecule has 22 heavy (non-hydrogen) atoms. The van der Waals surface area contributed by atoms with Crippen LogP contribution in [0.4, 0.5) is 0 Å². The summed E-state index contributed by atoms with van der Waals surface area (Å²) in [6, 6.07) is 18.1. The Bertz CT molecular complexity index is 782. The Morgan fingerprint density at radius 1 is 0.955 bits per heavy atom. The SMILES string of the molecule is CC(C)(C)On1c(-c2ccccc2)c(CO)c2ccccc21. The largest absolute Gasteiger partial charge is 0.408 e. The van der Waals surface area contributed by atoms with Crippen molar-refractivity contribution in [2.24, 2.45) is 0 Å². The van der Waals surface area contributed by atoms with Gasteiger partial charge < -0.3 is 9.94 Å². The number of nitrogens with zero attached hydrogens (tertiary/aromatic N) is 1. The standard InChI is InChI=1S/C19H21NO2/c1-19(2,3)22-20-17-12-8-7-11-15(17)16(13-21)18(20)14-9-5-4-6-10-14/h4-12,21H,13H2,1-3H3. The molecular formula is C19H21NO2. The van der Waals surface area contributed by atoms with E-state index in [1.807, 2.05) is 80.1 Å². The second kappa shape index (κ2) is 5.50. The Morgan fingerprint density at radius 2 is 1.59 bits per heavy atom. The van der Waals surface area contributed by atoms with Crippen LogP contribution < -0.4 is 4.84 Å². The molecule has 0 spiro atoms. The summed E-state index contributed by atoms with van der Waals surface area (Å²) in [6.45, 7) is 6.05. The molecule has 0 bridgehead atoms. The number of aromatic nitrogens is 1. The van der Waals surface area contributed by atoms with Crippen LogP contribution in [0.3, 0.4) is 0 Å². The number of benzene rings is 2. The van der Waals surface area contributed by atoms with Gasteiger partial charge in [0, 0.05) is 16.5 Å². The third-order valence-corrected chi connectivity index (χ3v) is 3.51. The molecular weight excluding hydrogens is 274 g/mol. The number of para-hydroxylation sites is 1. The highest BCUT2D eigenvalue weighted by Gasteiger charge is 2.22. The van der Waals surface area contributed by atoms with Crippen molar-refractivity contribution in [3.63, 3.8) is 0 Å². The fourth-order valence-corrected chi connectivity index (χ4v) is 2.69. The molecule has 114 valence electrons. The van der Waals surface area contributed by atoms with Crippen molar-refractivity contribution < 1.29 is 9.94 Å². The maximum absolute atomic E-state index is 9.92. The van der Waals surface area contributed by atoms with Crippen molar-refractivity contribution in [2.75, 3.05) is 0 Å². The molecule has 3 heteroatoms. The van der Waals surface area contributed by atoms with Crippen LogP contribution in [0.1, 0.15) is 26.3 Å². The smallest absolute Gasteiger partial charge is 0.127 e. The van der Waals surface area contributed by atoms with E-state index in [9.17, 15) is 5.11 Å². The molecule has 0 saturated heterocycles. The van der Waals surface area contributed by atoms with Crippen molar-refractivity contribution in [3.05, 3.63) is 60.2 Å². The number of hydrogen-bond donors (Lipinski definition) is 1. The van der Waals surface area contributed by atoms with Gasteiger partial charge in [-0.1, -0.05) is 48.5 Å². The van der Waals surface area contributed by atoms with Gasteiger partial charge in [0.15, 0.2) is 0 Å². The van der Waals surface area contributed by atoms with E-state index >= 15 is 0 Å². The van der Waals surface area contributed by atoms with E-state index in [1.165, 1.54) is 0 Å². The van der Waals surface area contributed by atoms with E-state index in [-0.39, 0.29) is 12.2 Å². The first-order chi connectivity index (χ1) is 10.5. The van der Waals surface area contributed by atoms with Gasteiger partial charge in [-0.15, -0.1) is 0 Å². The quantitative estimate of drug-likeness (QED) is 0.791. The molecule has 1 N–H and O–H groups in total. The number of rotatable bonds is 3. The van der Waals surface area contributed by atoms with Crippen LogP contribution in [-0.2, 0) is 6.61 Å². The lowest BCUT2D eigenvalue weighted by molar-refractivity contribution is -0.00600. The van der Waals surface area contributed by atoms with Crippen LogP contribution in [0.15, 0.2) is 54.6 Å². The van der Waals surface area contributed by atoms with Gasteiger partial charge in [-0.2, -0.15) is 4.73 Å². The Kier molecular flexibility index (Phi) is 3.67. The van der Waals surface area contributed by atoms with E-state index in [1.54, 1.807) is 0 Å². The average Bonchev–Trinajstić information content (AvgIpc) is 2.80. The minimum atomic E-state index is -0.335. The summed E-state index contributed by atoms with van der Waals surface area (Å²) in [6.07, 6.45) is 0. The molecule has 0 aliphatic carbocycles. The lowest BCUT2D eigenvalue weighted by Crippen LogP contribution is -2.31. The Labute approximate surface area is 130 Å². The van der Waals surface area contributed by atoms with Crippen molar-refractivity contribution in [1.82, 2.24) is 4.73 Å². The number of fused-ring (bicyclic) bond motifs is 1. The predicted molar refractivity (Wildman–Crippen MR) is 89.6 cm³/mol. The van der Waals surface area contributed by atoms with Gasteiger partial charge in [-0.3, -0.25) is 0 Å². The molecule has 0 aliphatic heterocycles. The normalized spacial score (nSPS) is 11.8. The third-order valence-electron chi connectivity index (χ3n) is 3.51. The highest BCUT2D eigenvalue weighted by atomic mass is 16.7. The topological polar surface area (TPSA) is 34.4 Å². The summed E-state index contributed by atoms with van der Waals surface area (Å²) in [5.74, 6) is 0. The summed E-state index contributed by atoms with van der Waals surface area (Å²) in [5.41, 5.74) is 3.48. The van der Waals surface area contributed by atoms with Crippen LogP contribution >= 0.6 is 0 Å². The molecule has 0 unspecified atom stereocenters. The highest BCUT2D eigenvalue weighted by molar-refractivity contribution is 5.91. The summed E-state index contributed by atoms with van der Waals surface area (Å²) in [5, 5.41) is 10.9. The van der Waals surface area contributed by atoms with Crippen LogP contribution in [0.5, 0.6) is 0 Å². The van der Waals surface area contributed by atoms with Gasteiger partial charge in [0.2, 0.25) is 0 Å². The van der Waals surface area contributed by atoms with Crippen LogP contribution in [0, 0.1) is 0 Å². The Hall–Kier alpha value is -2.26. The van der Waals surface area contributed by atoms with Crippen LogP contribution in [0.2, 0.25) is 0 Å². The molecule has 0 atom stereocenters. The maximum atomic E-state index is 9.92. The van der Waals surface area contributed by atoms with Gasteiger partial charge in [0.1, 0.15) is 5.60 Å². The van der Waals surface area contributed by atoms with Crippen molar-refractivity contribution >= 4 is 10.9 Å². The van der Waals surface area contributed by atoms with Crippen molar-refractivity contribution in [1.29, 1.82) is 0 Å². The fraction of sp³-hybridized carbons (Fsp3) is 0.263. The molecule has 1 heterocycles.